The van der Waals surface area contributed by atoms with Crippen molar-refractivity contribution in [2.24, 2.45) is 4.99 Å². The van der Waals surface area contributed by atoms with Crippen molar-refractivity contribution in [3.63, 3.8) is 0 Å². The summed E-state index contributed by atoms with van der Waals surface area (Å²) in [6.45, 7) is 22.7. The SMILES string of the molecule is C=C/C(=C\N(C)C)c1cccc(-c2nc(C)c(/C(C=NC)=C/C)cc2C)c1.CC.CCCC.CCCC(O)CCC. The quantitative estimate of drug-likeness (QED) is 0.218. The van der Waals surface area contributed by atoms with E-state index < -0.39 is 0 Å². The van der Waals surface area contributed by atoms with Crippen LogP contribution in [0.15, 0.2) is 60.3 Å². The van der Waals surface area contributed by atoms with Crippen LogP contribution in [0.3, 0.4) is 0 Å². The number of hydrogen-bond acceptors (Lipinski definition) is 4. The highest BCUT2D eigenvalue weighted by molar-refractivity contribution is 6.10. The second-order valence-corrected chi connectivity index (χ2v) is 9.98. The van der Waals surface area contributed by atoms with Crippen molar-refractivity contribution in [2.45, 2.75) is 107 Å². The van der Waals surface area contributed by atoms with Gasteiger partial charge in [-0.15, -0.1) is 0 Å². The molecular weight excluding hydrogens is 502 g/mol. The minimum atomic E-state index is -0.0370. The Bertz CT molecular complexity index is 1060. The van der Waals surface area contributed by atoms with Crippen molar-refractivity contribution in [3.8, 4) is 11.3 Å². The van der Waals surface area contributed by atoms with E-state index in [9.17, 15) is 0 Å². The number of rotatable bonds is 11. The molecule has 0 radical (unpaired) electrons. The summed E-state index contributed by atoms with van der Waals surface area (Å²) in [7, 11) is 5.82. The molecule has 0 spiro atoms. The second kappa shape index (κ2) is 24.8. The Morgan fingerprint density at radius 3 is 2.00 bits per heavy atom. The lowest BCUT2D eigenvalue weighted by molar-refractivity contribution is 0.153. The Morgan fingerprint density at radius 1 is 0.976 bits per heavy atom. The summed E-state index contributed by atoms with van der Waals surface area (Å²) in [5.41, 5.74) is 8.70. The average Bonchev–Trinajstić information content (AvgIpc) is 2.97. The highest BCUT2D eigenvalue weighted by Gasteiger charge is 2.11. The monoisotopic (exact) mass is 563 g/mol. The molecule has 0 saturated carbocycles. The maximum atomic E-state index is 9.05. The first kappa shape index (κ1) is 40.2. The number of aromatic nitrogens is 1. The lowest BCUT2D eigenvalue weighted by atomic mass is 9.97. The predicted octanol–water partition coefficient (Wildman–Crippen LogP) is 10.3. The van der Waals surface area contributed by atoms with E-state index >= 15 is 0 Å². The fourth-order valence-electron chi connectivity index (χ4n) is 3.91. The molecule has 0 unspecified atom stereocenters. The highest BCUT2D eigenvalue weighted by atomic mass is 16.3. The summed E-state index contributed by atoms with van der Waals surface area (Å²) in [5, 5.41) is 9.05. The number of aliphatic hydroxyl groups is 1. The summed E-state index contributed by atoms with van der Waals surface area (Å²) in [6.07, 6.45) is 14.6. The van der Waals surface area contributed by atoms with Gasteiger partial charge in [-0.05, 0) is 68.0 Å². The van der Waals surface area contributed by atoms with Crippen LogP contribution in [0.2, 0.25) is 0 Å². The number of pyridine rings is 1. The van der Waals surface area contributed by atoms with Gasteiger partial charge in [0.2, 0.25) is 0 Å². The van der Waals surface area contributed by atoms with Gasteiger partial charge in [0, 0.05) is 50.4 Å². The summed E-state index contributed by atoms with van der Waals surface area (Å²) in [6, 6.07) is 10.7. The van der Waals surface area contributed by atoms with Crippen LogP contribution in [-0.4, -0.2) is 48.5 Å². The van der Waals surface area contributed by atoms with Crippen molar-refractivity contribution in [1.29, 1.82) is 0 Å². The van der Waals surface area contributed by atoms with Gasteiger partial charge in [-0.3, -0.25) is 9.98 Å². The minimum Gasteiger partial charge on any atom is -0.393 e. The van der Waals surface area contributed by atoms with Crippen LogP contribution in [-0.2, 0) is 0 Å². The molecule has 2 aromatic rings. The number of aryl methyl sites for hydroxylation is 2. The number of aliphatic hydroxyl groups excluding tert-OH is 1. The zero-order valence-corrected chi connectivity index (χ0v) is 28.5. The largest absolute Gasteiger partial charge is 0.393 e. The second-order valence-electron chi connectivity index (χ2n) is 9.98. The van der Waals surface area contributed by atoms with Gasteiger partial charge in [-0.25, -0.2) is 0 Å². The van der Waals surface area contributed by atoms with E-state index in [1.165, 1.54) is 12.8 Å². The zero-order chi connectivity index (χ0) is 31.8. The maximum absolute atomic E-state index is 9.05. The van der Waals surface area contributed by atoms with Gasteiger partial charge in [0.25, 0.3) is 0 Å². The molecule has 0 aliphatic rings. The van der Waals surface area contributed by atoms with Crippen LogP contribution < -0.4 is 0 Å². The third-order valence-electron chi connectivity index (χ3n) is 6.12. The van der Waals surface area contributed by atoms with Gasteiger partial charge < -0.3 is 10.0 Å². The standard InChI is InChI=1S/C24H29N3.C7H16O.C4H10.C2H6/c1-8-19(15-25-5)23-13-17(3)24(26-18(23)4)22-12-10-11-21(14-22)20(9-2)16-27(6)7;1-3-5-7(8)6-4-2;1-3-4-2;1-2/h8-16H,2H2,1,3-7H3;7-8H,3-6H2,1-2H3;3-4H2,1-2H3;1-2H3/b19-8+,20-16+,25-15?;;;. The van der Waals surface area contributed by atoms with Crippen LogP contribution in [0.4, 0.5) is 0 Å². The van der Waals surface area contributed by atoms with Crippen molar-refractivity contribution >= 4 is 17.4 Å². The highest BCUT2D eigenvalue weighted by Crippen LogP contribution is 2.29. The third-order valence-corrected chi connectivity index (χ3v) is 6.12. The minimum absolute atomic E-state index is 0.0370. The number of unbranched alkanes of at least 4 members (excludes halogenated alkanes) is 1. The predicted molar refractivity (Wildman–Crippen MR) is 187 cm³/mol. The van der Waals surface area contributed by atoms with E-state index in [1.54, 1.807) is 7.05 Å². The Labute approximate surface area is 254 Å². The normalized spacial score (nSPS) is 11.2. The van der Waals surface area contributed by atoms with Crippen molar-refractivity contribution < 1.29 is 5.11 Å². The van der Waals surface area contributed by atoms with E-state index in [-0.39, 0.29) is 6.10 Å². The van der Waals surface area contributed by atoms with Crippen LogP contribution >= 0.6 is 0 Å². The van der Waals surface area contributed by atoms with Crippen LogP contribution in [0.1, 0.15) is 109 Å². The molecule has 1 N–H and O–H groups in total. The number of benzene rings is 1. The van der Waals surface area contributed by atoms with Gasteiger partial charge in [-0.2, -0.15) is 0 Å². The Hall–Kier alpha value is -2.98. The molecule has 0 aliphatic heterocycles. The summed E-state index contributed by atoms with van der Waals surface area (Å²) in [4.78, 5) is 11.1. The lowest BCUT2D eigenvalue weighted by Gasteiger charge is -2.14. The number of nitrogens with zero attached hydrogens (tertiary/aromatic N) is 3. The molecular formula is C37H61N3O. The van der Waals surface area contributed by atoms with Crippen molar-refractivity contribution in [1.82, 2.24) is 9.88 Å². The molecule has 4 nitrogen and oxygen atoms in total. The van der Waals surface area contributed by atoms with E-state index in [4.69, 9.17) is 10.1 Å². The maximum Gasteiger partial charge on any atom is 0.0734 e. The van der Waals surface area contributed by atoms with Crippen LogP contribution in [0.5, 0.6) is 0 Å². The smallest absolute Gasteiger partial charge is 0.0734 e. The van der Waals surface area contributed by atoms with Gasteiger partial charge in [0.1, 0.15) is 0 Å². The molecule has 0 amide bonds. The van der Waals surface area contributed by atoms with E-state index in [2.05, 4.69) is 95.7 Å². The molecule has 1 heterocycles. The third kappa shape index (κ3) is 16.2. The average molecular weight is 564 g/mol. The number of aliphatic imine (C=N–C) groups is 1. The van der Waals surface area contributed by atoms with Gasteiger partial charge in [0.15, 0.2) is 0 Å². The van der Waals surface area contributed by atoms with Crippen LogP contribution in [0, 0.1) is 13.8 Å². The molecule has 230 valence electrons. The zero-order valence-electron chi connectivity index (χ0n) is 28.5. The lowest BCUT2D eigenvalue weighted by Crippen LogP contribution is -2.03. The molecule has 0 atom stereocenters. The Balaban J connectivity index is 0. The molecule has 1 aromatic heterocycles. The summed E-state index contributed by atoms with van der Waals surface area (Å²) in [5.74, 6) is 0. The topological polar surface area (TPSA) is 48.7 Å². The van der Waals surface area contributed by atoms with E-state index in [0.717, 1.165) is 70.5 Å². The van der Waals surface area contributed by atoms with E-state index in [1.807, 2.05) is 52.1 Å². The molecule has 0 saturated heterocycles. The Kier molecular flexibility index (Phi) is 24.3. The van der Waals surface area contributed by atoms with E-state index in [0.29, 0.717) is 0 Å². The summed E-state index contributed by atoms with van der Waals surface area (Å²) < 4.78 is 0. The summed E-state index contributed by atoms with van der Waals surface area (Å²) >= 11 is 0. The molecule has 0 aliphatic carbocycles. The first-order chi connectivity index (χ1) is 19.6. The molecule has 41 heavy (non-hydrogen) atoms. The van der Waals surface area contributed by atoms with Crippen molar-refractivity contribution in [2.75, 3.05) is 21.1 Å². The van der Waals surface area contributed by atoms with Crippen LogP contribution in [0.25, 0.3) is 22.4 Å². The molecule has 4 heteroatoms. The first-order valence-electron chi connectivity index (χ1n) is 15.5. The van der Waals surface area contributed by atoms with Gasteiger partial charge in [-0.1, -0.05) is 104 Å². The number of allylic oxidation sites excluding steroid dienone is 4. The van der Waals surface area contributed by atoms with Gasteiger partial charge >= 0.3 is 0 Å². The van der Waals surface area contributed by atoms with Gasteiger partial charge in [0.05, 0.1) is 11.8 Å². The fraction of sp³-hybridized carbons (Fsp3) is 0.514. The molecule has 1 aromatic carbocycles. The molecule has 2 rings (SSSR count). The van der Waals surface area contributed by atoms with Crippen molar-refractivity contribution in [3.05, 3.63) is 77.6 Å². The Morgan fingerprint density at radius 2 is 1.56 bits per heavy atom. The molecule has 0 fully saturated rings. The fourth-order valence-corrected chi connectivity index (χ4v) is 3.91. The first-order valence-corrected chi connectivity index (χ1v) is 15.5. The molecule has 0 bridgehead atoms. The number of hydrogen-bond donors (Lipinski definition) is 1.